The lowest BCUT2D eigenvalue weighted by molar-refractivity contribution is -0.123. The fourth-order valence-electron chi connectivity index (χ4n) is 2.19. The Morgan fingerprint density at radius 1 is 1.24 bits per heavy atom. The van der Waals surface area contributed by atoms with E-state index in [0.29, 0.717) is 12.5 Å². The zero-order chi connectivity index (χ0) is 15.8. The van der Waals surface area contributed by atoms with Gasteiger partial charge in [-0.3, -0.25) is 9.59 Å². The lowest BCUT2D eigenvalue weighted by Gasteiger charge is -2.24. The van der Waals surface area contributed by atoms with Crippen LogP contribution in [0.3, 0.4) is 0 Å². The highest BCUT2D eigenvalue weighted by molar-refractivity contribution is 5.98. The number of rotatable bonds is 7. The summed E-state index contributed by atoms with van der Waals surface area (Å²) in [6, 6.07) is 7.76. The highest BCUT2D eigenvalue weighted by atomic mass is 16.2. The van der Waals surface area contributed by atoms with Crippen molar-refractivity contribution in [1.82, 2.24) is 5.32 Å². The maximum absolute atomic E-state index is 12.0. The Labute approximate surface area is 127 Å². The minimum Gasteiger partial charge on any atom is -0.355 e. The lowest BCUT2D eigenvalue weighted by Crippen LogP contribution is -2.40. The summed E-state index contributed by atoms with van der Waals surface area (Å²) in [6.45, 7) is 8.47. The molecule has 1 aromatic carbocycles. The number of carbonyl (C=O) groups is 2. The fourth-order valence-corrected chi connectivity index (χ4v) is 2.19. The third-order valence-corrected chi connectivity index (χ3v) is 3.38. The summed E-state index contributed by atoms with van der Waals surface area (Å²) in [6.07, 6.45) is 1.99. The van der Waals surface area contributed by atoms with Crippen LogP contribution in [0.4, 0.5) is 5.69 Å². The van der Waals surface area contributed by atoms with Gasteiger partial charge in [0, 0.05) is 19.2 Å². The Kier molecular flexibility index (Phi) is 6.92. The van der Waals surface area contributed by atoms with Crippen LogP contribution >= 0.6 is 0 Å². The van der Waals surface area contributed by atoms with Crippen molar-refractivity contribution >= 4 is 17.5 Å². The van der Waals surface area contributed by atoms with E-state index in [1.54, 1.807) is 4.90 Å². The summed E-state index contributed by atoms with van der Waals surface area (Å²) in [5.74, 6) is 0.0668. The van der Waals surface area contributed by atoms with Crippen LogP contribution in [0.5, 0.6) is 0 Å². The van der Waals surface area contributed by atoms with E-state index in [2.05, 4.69) is 26.1 Å². The number of anilines is 1. The first kappa shape index (κ1) is 17.2. The van der Waals surface area contributed by atoms with E-state index in [9.17, 15) is 9.59 Å². The van der Waals surface area contributed by atoms with Gasteiger partial charge in [0.2, 0.25) is 11.8 Å². The van der Waals surface area contributed by atoms with Crippen LogP contribution in [-0.2, 0) is 9.59 Å². The van der Waals surface area contributed by atoms with Crippen molar-refractivity contribution in [1.29, 1.82) is 0 Å². The van der Waals surface area contributed by atoms with Gasteiger partial charge in [0.25, 0.3) is 0 Å². The summed E-state index contributed by atoms with van der Waals surface area (Å²) < 4.78 is 0. The molecule has 0 spiro atoms. The van der Waals surface area contributed by atoms with E-state index in [0.717, 1.165) is 24.1 Å². The van der Waals surface area contributed by atoms with E-state index in [-0.39, 0.29) is 18.4 Å². The molecule has 4 nitrogen and oxygen atoms in total. The Bertz CT molecular complexity index is 483. The summed E-state index contributed by atoms with van der Waals surface area (Å²) in [7, 11) is 0. The third kappa shape index (κ3) is 5.21. The molecule has 1 rings (SSSR count). The van der Waals surface area contributed by atoms with Crippen LogP contribution in [-0.4, -0.2) is 24.9 Å². The van der Waals surface area contributed by atoms with E-state index < -0.39 is 0 Å². The minimum absolute atomic E-state index is 0.0722. The second-order valence-electron chi connectivity index (χ2n) is 5.52. The van der Waals surface area contributed by atoms with Gasteiger partial charge in [0.1, 0.15) is 6.54 Å². The Hall–Kier alpha value is -1.84. The van der Waals surface area contributed by atoms with Crippen LogP contribution in [0.1, 0.15) is 52.0 Å². The predicted octanol–water partition coefficient (Wildman–Crippen LogP) is 3.08. The summed E-state index contributed by atoms with van der Waals surface area (Å²) in [4.78, 5) is 25.5. The number of nitrogens with zero attached hydrogens (tertiary/aromatic N) is 1. The summed E-state index contributed by atoms with van der Waals surface area (Å²) in [5.41, 5.74) is 1.90. The molecule has 116 valence electrons. The van der Waals surface area contributed by atoms with Crippen LogP contribution in [0.15, 0.2) is 24.3 Å². The van der Waals surface area contributed by atoms with Crippen LogP contribution < -0.4 is 10.2 Å². The molecule has 1 N–H and O–H groups in total. The molecule has 0 saturated carbocycles. The van der Waals surface area contributed by atoms with E-state index in [1.165, 1.54) is 6.92 Å². The molecular formula is C17H26N2O2. The fraction of sp³-hybridized carbons (Fsp3) is 0.529. The molecule has 0 aliphatic heterocycles. The molecule has 0 atom stereocenters. The van der Waals surface area contributed by atoms with E-state index in [1.807, 2.05) is 24.3 Å². The Morgan fingerprint density at radius 3 is 2.48 bits per heavy atom. The topological polar surface area (TPSA) is 49.4 Å². The average Bonchev–Trinajstić information content (AvgIpc) is 2.44. The number of unbranched alkanes of at least 4 members (excludes halogenated alkanes) is 1. The standard InChI is InChI=1S/C17H26N2O2/c1-5-6-11-18-17(21)12-19(14(4)20)16-10-8-7-9-15(16)13(2)3/h7-10,13H,5-6,11-12H2,1-4H3,(H,18,21). The second-order valence-corrected chi connectivity index (χ2v) is 5.52. The first-order valence-electron chi connectivity index (χ1n) is 7.61. The maximum Gasteiger partial charge on any atom is 0.240 e. The average molecular weight is 290 g/mol. The van der Waals surface area contributed by atoms with Crippen molar-refractivity contribution < 1.29 is 9.59 Å². The highest BCUT2D eigenvalue weighted by Crippen LogP contribution is 2.27. The normalized spacial score (nSPS) is 10.5. The number of carbonyl (C=O) groups excluding carboxylic acids is 2. The molecule has 0 heterocycles. The second kappa shape index (κ2) is 8.45. The summed E-state index contributed by atoms with van der Waals surface area (Å²) in [5, 5.41) is 2.85. The number of amides is 2. The predicted molar refractivity (Wildman–Crippen MR) is 86.5 cm³/mol. The van der Waals surface area contributed by atoms with Gasteiger partial charge in [0.15, 0.2) is 0 Å². The van der Waals surface area contributed by atoms with Crippen LogP contribution in [0, 0.1) is 0 Å². The molecule has 1 aromatic rings. The zero-order valence-corrected chi connectivity index (χ0v) is 13.5. The first-order chi connectivity index (χ1) is 9.97. The van der Waals surface area contributed by atoms with Crippen molar-refractivity contribution in [2.45, 2.75) is 46.5 Å². The first-order valence-corrected chi connectivity index (χ1v) is 7.61. The van der Waals surface area contributed by atoms with Crippen LogP contribution in [0.2, 0.25) is 0 Å². The zero-order valence-electron chi connectivity index (χ0n) is 13.5. The van der Waals surface area contributed by atoms with Gasteiger partial charge < -0.3 is 10.2 Å². The van der Waals surface area contributed by atoms with Gasteiger partial charge in [-0.2, -0.15) is 0 Å². The van der Waals surface area contributed by atoms with Gasteiger partial charge in [-0.25, -0.2) is 0 Å². The number of hydrogen-bond acceptors (Lipinski definition) is 2. The lowest BCUT2D eigenvalue weighted by atomic mass is 10.0. The van der Waals surface area contributed by atoms with Gasteiger partial charge >= 0.3 is 0 Å². The summed E-state index contributed by atoms with van der Waals surface area (Å²) >= 11 is 0. The smallest absolute Gasteiger partial charge is 0.240 e. The molecule has 0 saturated heterocycles. The number of para-hydroxylation sites is 1. The largest absolute Gasteiger partial charge is 0.355 e. The van der Waals surface area contributed by atoms with Gasteiger partial charge in [-0.05, 0) is 24.0 Å². The molecule has 0 aliphatic rings. The SMILES string of the molecule is CCCCNC(=O)CN(C(C)=O)c1ccccc1C(C)C. The van der Waals surface area contributed by atoms with Gasteiger partial charge in [-0.15, -0.1) is 0 Å². The molecule has 0 bridgehead atoms. The molecule has 0 unspecified atom stereocenters. The molecular weight excluding hydrogens is 264 g/mol. The molecule has 4 heteroatoms. The quantitative estimate of drug-likeness (QED) is 0.785. The maximum atomic E-state index is 12.0. The molecule has 2 amide bonds. The van der Waals surface area contributed by atoms with Crippen molar-refractivity contribution in [3.05, 3.63) is 29.8 Å². The number of hydrogen-bond donors (Lipinski definition) is 1. The molecule has 0 radical (unpaired) electrons. The monoisotopic (exact) mass is 290 g/mol. The van der Waals surface area contributed by atoms with Gasteiger partial charge in [-0.1, -0.05) is 45.4 Å². The molecule has 0 fully saturated rings. The highest BCUT2D eigenvalue weighted by Gasteiger charge is 2.19. The number of benzene rings is 1. The third-order valence-electron chi connectivity index (χ3n) is 3.38. The van der Waals surface area contributed by atoms with Crippen molar-refractivity contribution in [2.24, 2.45) is 0 Å². The molecule has 0 aromatic heterocycles. The number of nitrogens with one attached hydrogen (secondary N) is 1. The van der Waals surface area contributed by atoms with Gasteiger partial charge in [0.05, 0.1) is 0 Å². The van der Waals surface area contributed by atoms with Crippen molar-refractivity contribution in [2.75, 3.05) is 18.0 Å². The van der Waals surface area contributed by atoms with Crippen molar-refractivity contribution in [3.63, 3.8) is 0 Å². The molecule has 21 heavy (non-hydrogen) atoms. The Morgan fingerprint density at radius 2 is 1.90 bits per heavy atom. The van der Waals surface area contributed by atoms with E-state index in [4.69, 9.17) is 0 Å². The molecule has 0 aliphatic carbocycles. The van der Waals surface area contributed by atoms with Crippen LogP contribution in [0.25, 0.3) is 0 Å². The minimum atomic E-state index is -0.117. The Balaban J connectivity index is 2.88. The van der Waals surface area contributed by atoms with E-state index >= 15 is 0 Å². The van der Waals surface area contributed by atoms with Crippen molar-refractivity contribution in [3.8, 4) is 0 Å².